The van der Waals surface area contributed by atoms with Crippen LogP contribution in [0.1, 0.15) is 72.6 Å². The molecule has 5 atom stereocenters. The van der Waals surface area contributed by atoms with E-state index in [1.165, 1.54) is 18.1 Å². The minimum Gasteiger partial charge on any atom is -0.497 e. The topological polar surface area (TPSA) is 238 Å². The number of ether oxygens (including phenoxy) is 4. The predicted molar refractivity (Wildman–Crippen MR) is 230 cm³/mol. The Labute approximate surface area is 365 Å². The predicted octanol–water partition coefficient (Wildman–Crippen LogP) is 3.42. The second kappa shape index (κ2) is 19.0. The Balaban J connectivity index is 1.36. The number of amides is 5. The molecule has 2 aromatic carbocycles. The highest BCUT2D eigenvalue weighted by atomic mass is 32.2. The number of benzene rings is 2. The second-order valence-corrected chi connectivity index (χ2v) is 18.8. The zero-order valence-corrected chi connectivity index (χ0v) is 36.7. The van der Waals surface area contributed by atoms with Gasteiger partial charge in [-0.05, 0) is 58.6 Å². The Morgan fingerprint density at radius 1 is 1.03 bits per heavy atom. The van der Waals surface area contributed by atoms with E-state index in [1.807, 2.05) is 30.3 Å². The number of methoxy groups -OCH3 is 1. The van der Waals surface area contributed by atoms with Gasteiger partial charge in [0.2, 0.25) is 21.8 Å². The van der Waals surface area contributed by atoms with Crippen LogP contribution in [0.15, 0.2) is 67.3 Å². The van der Waals surface area contributed by atoms with E-state index in [9.17, 15) is 37.2 Å². The number of hydrogen-bond donors (Lipinski definition) is 4. The van der Waals surface area contributed by atoms with Crippen molar-refractivity contribution in [1.29, 1.82) is 0 Å². The van der Waals surface area contributed by atoms with E-state index in [2.05, 4.69) is 27.3 Å². The Morgan fingerprint density at radius 2 is 1.76 bits per heavy atom. The third kappa shape index (κ3) is 11.2. The number of hydrogen-bond acceptors (Lipinski definition) is 13. The van der Waals surface area contributed by atoms with Crippen LogP contribution in [-0.4, -0.2) is 115 Å². The molecule has 1 aromatic heterocycles. The fourth-order valence-corrected chi connectivity index (χ4v) is 8.81. The van der Waals surface area contributed by atoms with E-state index in [4.69, 9.17) is 23.9 Å². The molecule has 3 fully saturated rings. The van der Waals surface area contributed by atoms with Gasteiger partial charge in [-0.15, -0.1) is 6.58 Å². The number of aromatic nitrogens is 1. The molecule has 5 amide bonds. The van der Waals surface area contributed by atoms with Crippen LogP contribution in [-0.2, 0) is 43.5 Å². The highest BCUT2D eigenvalue weighted by molar-refractivity contribution is 7.91. The molecule has 19 heteroatoms. The summed E-state index contributed by atoms with van der Waals surface area (Å²) in [4.78, 5) is 87.4. The summed E-state index contributed by atoms with van der Waals surface area (Å²) in [6, 6.07) is 13.5. The number of rotatable bonds is 17. The maximum absolute atomic E-state index is 14.8. The highest BCUT2D eigenvalue weighted by Gasteiger charge is 2.48. The number of cyclic esters (lactones) is 1. The number of alkyl carbamates (subject to hydrolysis) is 1. The molecule has 0 radical (unpaired) electrons. The lowest BCUT2D eigenvalue weighted by Crippen LogP contribution is -2.63. The maximum atomic E-state index is 14.8. The van der Waals surface area contributed by atoms with Gasteiger partial charge in [0.15, 0.2) is 6.10 Å². The third-order valence-corrected chi connectivity index (χ3v) is 12.7. The first-order chi connectivity index (χ1) is 29.8. The van der Waals surface area contributed by atoms with Crippen LogP contribution < -0.4 is 30.1 Å². The van der Waals surface area contributed by atoms with Gasteiger partial charge in [0, 0.05) is 48.9 Å². The van der Waals surface area contributed by atoms with Gasteiger partial charge in [0.25, 0.3) is 11.8 Å². The fraction of sp³-hybridized carbons (Fsp3) is 0.477. The number of carbonyl (C=O) groups excluding carboxylic acids is 6. The molecule has 3 heterocycles. The fourth-order valence-electron chi connectivity index (χ4n) is 7.44. The lowest BCUT2D eigenvalue weighted by Gasteiger charge is -2.34. The number of pyridine rings is 1. The zero-order chi connectivity index (χ0) is 45.7. The van der Waals surface area contributed by atoms with E-state index in [0.29, 0.717) is 40.9 Å². The lowest BCUT2D eigenvalue weighted by molar-refractivity contribution is -0.148. The number of fused-ring (bicyclic) bond motifs is 1. The Morgan fingerprint density at radius 3 is 2.38 bits per heavy atom. The molecule has 338 valence electrons. The Hall–Kier alpha value is -6.24. The monoisotopic (exact) mass is 890 g/mol. The Kier molecular flexibility index (Phi) is 14.0. The molecule has 63 heavy (non-hydrogen) atoms. The van der Waals surface area contributed by atoms with Crippen molar-refractivity contribution in [3.8, 4) is 22.8 Å². The summed E-state index contributed by atoms with van der Waals surface area (Å²) in [6.07, 6.45) is -0.972. The Bertz CT molecular complexity index is 2370. The maximum Gasteiger partial charge on any atom is 0.408 e. The van der Waals surface area contributed by atoms with Gasteiger partial charge in [0.05, 0.1) is 30.1 Å². The van der Waals surface area contributed by atoms with E-state index >= 15 is 0 Å². The molecule has 1 aliphatic carbocycles. The molecule has 4 N–H and O–H groups in total. The van der Waals surface area contributed by atoms with Gasteiger partial charge in [-0.2, -0.15) is 0 Å². The molecule has 5 unspecified atom stereocenters. The second-order valence-electron chi connectivity index (χ2n) is 16.8. The van der Waals surface area contributed by atoms with Crippen molar-refractivity contribution < 1.29 is 56.1 Å². The average Bonchev–Trinajstić information content (AvgIpc) is 3.90. The van der Waals surface area contributed by atoms with Gasteiger partial charge in [-0.25, -0.2) is 18.2 Å². The van der Waals surface area contributed by atoms with Crippen molar-refractivity contribution in [3.63, 3.8) is 0 Å². The summed E-state index contributed by atoms with van der Waals surface area (Å²) in [6.45, 7) is 9.51. The largest absolute Gasteiger partial charge is 0.497 e. The first kappa shape index (κ1) is 46.3. The van der Waals surface area contributed by atoms with Crippen LogP contribution >= 0.6 is 0 Å². The van der Waals surface area contributed by atoms with Gasteiger partial charge in [-0.1, -0.05) is 43.3 Å². The van der Waals surface area contributed by atoms with Crippen LogP contribution in [0.25, 0.3) is 22.2 Å². The highest BCUT2D eigenvalue weighted by Crippen LogP contribution is 2.35. The molecule has 3 aliphatic rings. The number of likely N-dealkylation sites (tertiary alicyclic amines) is 1. The van der Waals surface area contributed by atoms with Gasteiger partial charge in [-0.3, -0.25) is 28.7 Å². The molecule has 18 nitrogen and oxygen atoms in total. The van der Waals surface area contributed by atoms with Crippen LogP contribution in [0, 0.1) is 0 Å². The third-order valence-electron chi connectivity index (χ3n) is 10.9. The minimum absolute atomic E-state index is 0.0331. The molecule has 3 aromatic rings. The van der Waals surface area contributed by atoms with Crippen molar-refractivity contribution in [3.05, 3.63) is 67.3 Å². The van der Waals surface area contributed by atoms with Gasteiger partial charge in [0.1, 0.15) is 40.8 Å². The first-order valence-corrected chi connectivity index (χ1v) is 22.4. The van der Waals surface area contributed by atoms with Crippen molar-refractivity contribution >= 4 is 56.6 Å². The van der Waals surface area contributed by atoms with Crippen LogP contribution in [0.3, 0.4) is 0 Å². The standard InChI is InChI=1S/C44H54N6O12S/c1-7-20-44(8-2,41(55)49-63(57,58)29-15-16-29)48-38(52)34-22-28(60-36-23-31(26-12-10-9-11-13-26)46-32-21-27(59-6)14-17-30(32)36)25-50(34)40(54)33(47-42(56)62-43(3,4)5)24-45-39(53)35-18-19-37(51)61-35/h7,9-14,17,21,23,28-29,33-35H,1,8,15-16,18-20,22,24-25H2,2-6H3,(H,45,53)(H,47,56)(H,48,52)(H,49,55). The summed E-state index contributed by atoms with van der Waals surface area (Å²) < 4.78 is 50.7. The van der Waals surface area contributed by atoms with E-state index in [0.717, 1.165) is 5.56 Å². The number of esters is 1. The first-order valence-electron chi connectivity index (χ1n) is 20.8. The lowest BCUT2D eigenvalue weighted by atomic mass is 9.90. The normalized spacial score (nSPS) is 20.1. The van der Waals surface area contributed by atoms with E-state index in [-0.39, 0.29) is 38.6 Å². The van der Waals surface area contributed by atoms with Crippen LogP contribution in [0.4, 0.5) is 4.79 Å². The average molecular weight is 891 g/mol. The van der Waals surface area contributed by atoms with Crippen molar-refractivity contribution in [2.45, 2.75) is 113 Å². The van der Waals surface area contributed by atoms with Gasteiger partial charge < -0.3 is 39.8 Å². The number of carbonyl (C=O) groups is 6. The quantitative estimate of drug-likeness (QED) is 0.112. The summed E-state index contributed by atoms with van der Waals surface area (Å²) in [5.74, 6) is -2.92. The summed E-state index contributed by atoms with van der Waals surface area (Å²) in [7, 11) is -2.49. The molecule has 2 aliphatic heterocycles. The molecule has 2 saturated heterocycles. The van der Waals surface area contributed by atoms with Crippen molar-refractivity contribution in [1.82, 2.24) is 30.6 Å². The zero-order valence-electron chi connectivity index (χ0n) is 35.9. The molecule has 0 spiro atoms. The molecule has 6 rings (SSSR count). The van der Waals surface area contributed by atoms with Crippen LogP contribution in [0.2, 0.25) is 0 Å². The number of nitrogens with one attached hydrogen (secondary N) is 4. The summed E-state index contributed by atoms with van der Waals surface area (Å²) in [5, 5.41) is 7.73. The molecular weight excluding hydrogens is 837 g/mol. The summed E-state index contributed by atoms with van der Waals surface area (Å²) >= 11 is 0. The van der Waals surface area contributed by atoms with Crippen molar-refractivity contribution in [2.75, 3.05) is 20.2 Å². The van der Waals surface area contributed by atoms with Crippen LogP contribution in [0.5, 0.6) is 11.5 Å². The number of sulfonamides is 1. The molecular formula is C44H54N6O12S. The van der Waals surface area contributed by atoms with E-state index in [1.54, 1.807) is 52.0 Å². The van der Waals surface area contributed by atoms with Crippen molar-refractivity contribution in [2.24, 2.45) is 0 Å². The molecule has 1 saturated carbocycles. The molecule has 0 bridgehead atoms. The van der Waals surface area contributed by atoms with Gasteiger partial charge >= 0.3 is 12.1 Å². The minimum atomic E-state index is -4.02. The van der Waals surface area contributed by atoms with E-state index < -0.39 is 92.9 Å². The smallest absolute Gasteiger partial charge is 0.408 e. The summed E-state index contributed by atoms with van der Waals surface area (Å²) in [5.41, 5.74) is -0.869. The SMILES string of the molecule is C=CCC(CC)(NC(=O)C1CC(Oc2cc(-c3ccccc3)nc3cc(OC)ccc23)CN1C(=O)C(CNC(=O)C1CCC(=O)O1)NC(=O)OC(C)(C)C)C(=O)NS(=O)(=O)C1CC1. The number of nitrogens with zero attached hydrogens (tertiary/aromatic N) is 2.